The van der Waals surface area contributed by atoms with E-state index in [1.165, 1.54) is 0 Å². The van der Waals surface area contributed by atoms with Gasteiger partial charge in [0.2, 0.25) is 5.78 Å². The fourth-order valence-corrected chi connectivity index (χ4v) is 3.87. The van der Waals surface area contributed by atoms with Crippen LogP contribution in [0.1, 0.15) is 78.3 Å². The standard InChI is InChI=1S/C24H29NO3/c1-4-7-8-15-28-24(27)20-13-14-25-21(20)16-18(6-3)22(25)23(26)19-11-9-17(5-2)10-12-19/h5,9-12,16,20H,2,4,6-8,13-15H2,1,3H3. The molecule has 1 aromatic heterocycles. The van der Waals surface area contributed by atoms with Crippen molar-refractivity contribution in [3.63, 3.8) is 0 Å². The minimum Gasteiger partial charge on any atom is -0.465 e. The van der Waals surface area contributed by atoms with E-state index in [-0.39, 0.29) is 17.7 Å². The lowest BCUT2D eigenvalue weighted by atomic mass is 10.0. The molecule has 2 heterocycles. The number of nitrogens with zero attached hydrogens (tertiary/aromatic N) is 1. The van der Waals surface area contributed by atoms with Gasteiger partial charge in [-0.25, -0.2) is 0 Å². The summed E-state index contributed by atoms with van der Waals surface area (Å²) in [7, 11) is 0. The molecule has 4 heteroatoms. The van der Waals surface area contributed by atoms with E-state index in [1.807, 2.05) is 41.8 Å². The van der Waals surface area contributed by atoms with Gasteiger partial charge in [0, 0.05) is 17.8 Å². The second kappa shape index (κ2) is 9.05. The highest BCUT2D eigenvalue weighted by Crippen LogP contribution is 2.35. The molecule has 1 aromatic carbocycles. The number of aryl methyl sites for hydroxylation is 1. The SMILES string of the molecule is C=Cc1ccc(C(=O)c2c(CC)cc3n2CCC3C(=O)OCCCCC)cc1. The van der Waals surface area contributed by atoms with E-state index in [9.17, 15) is 9.59 Å². The number of ether oxygens (including phenoxy) is 1. The topological polar surface area (TPSA) is 48.3 Å². The molecule has 0 spiro atoms. The molecular formula is C24H29NO3. The molecule has 1 aliphatic heterocycles. The van der Waals surface area contributed by atoms with Crippen molar-refractivity contribution in [2.75, 3.05) is 6.61 Å². The van der Waals surface area contributed by atoms with E-state index in [0.29, 0.717) is 30.8 Å². The van der Waals surface area contributed by atoms with Gasteiger partial charge in [0.25, 0.3) is 0 Å². The van der Waals surface area contributed by atoms with Crippen molar-refractivity contribution in [3.05, 3.63) is 65.0 Å². The maximum Gasteiger partial charge on any atom is 0.315 e. The third-order valence-corrected chi connectivity index (χ3v) is 5.49. The number of benzene rings is 1. The summed E-state index contributed by atoms with van der Waals surface area (Å²) >= 11 is 0. The first-order valence-corrected chi connectivity index (χ1v) is 10.3. The summed E-state index contributed by atoms with van der Waals surface area (Å²) in [5.41, 5.74) is 4.27. The minimum atomic E-state index is -0.267. The molecule has 3 rings (SSSR count). The lowest BCUT2D eigenvalue weighted by Crippen LogP contribution is -2.14. The largest absolute Gasteiger partial charge is 0.465 e. The van der Waals surface area contributed by atoms with Crippen molar-refractivity contribution in [3.8, 4) is 0 Å². The van der Waals surface area contributed by atoms with Gasteiger partial charge in [0.1, 0.15) is 0 Å². The number of fused-ring (bicyclic) bond motifs is 1. The van der Waals surface area contributed by atoms with E-state index in [2.05, 4.69) is 13.5 Å². The molecular weight excluding hydrogens is 350 g/mol. The summed E-state index contributed by atoms with van der Waals surface area (Å²) in [6, 6.07) is 9.50. The summed E-state index contributed by atoms with van der Waals surface area (Å²) < 4.78 is 7.52. The summed E-state index contributed by atoms with van der Waals surface area (Å²) in [4.78, 5) is 25.8. The molecule has 4 nitrogen and oxygen atoms in total. The smallest absolute Gasteiger partial charge is 0.315 e. The Kier molecular flexibility index (Phi) is 6.50. The normalized spacial score (nSPS) is 15.3. The molecule has 1 aliphatic rings. The Morgan fingerprint density at radius 3 is 2.61 bits per heavy atom. The highest BCUT2D eigenvalue weighted by atomic mass is 16.5. The molecule has 1 unspecified atom stereocenters. The Labute approximate surface area is 167 Å². The molecule has 0 bridgehead atoms. The van der Waals surface area contributed by atoms with Crippen LogP contribution in [0.4, 0.5) is 0 Å². The molecule has 0 amide bonds. The van der Waals surface area contributed by atoms with Gasteiger partial charge in [-0.2, -0.15) is 0 Å². The zero-order valence-corrected chi connectivity index (χ0v) is 16.9. The number of hydrogen-bond acceptors (Lipinski definition) is 3. The number of carbonyl (C=O) groups excluding carboxylic acids is 2. The first-order valence-electron chi connectivity index (χ1n) is 10.3. The van der Waals surface area contributed by atoms with Crippen molar-refractivity contribution in [2.24, 2.45) is 0 Å². The number of carbonyl (C=O) groups is 2. The maximum atomic E-state index is 13.2. The van der Waals surface area contributed by atoms with Crippen LogP contribution in [0.2, 0.25) is 0 Å². The zero-order valence-electron chi connectivity index (χ0n) is 16.9. The summed E-state index contributed by atoms with van der Waals surface area (Å²) in [6.45, 7) is 9.08. The van der Waals surface area contributed by atoms with Crippen molar-refractivity contribution in [1.82, 2.24) is 4.57 Å². The number of ketones is 1. The lowest BCUT2D eigenvalue weighted by Gasteiger charge is -2.09. The minimum absolute atomic E-state index is 0.00988. The van der Waals surface area contributed by atoms with Crippen LogP contribution < -0.4 is 0 Å². The molecule has 1 atom stereocenters. The van der Waals surface area contributed by atoms with Crippen LogP contribution in [0.25, 0.3) is 6.08 Å². The Morgan fingerprint density at radius 1 is 1.21 bits per heavy atom. The highest BCUT2D eigenvalue weighted by molar-refractivity contribution is 6.09. The second-order valence-corrected chi connectivity index (χ2v) is 7.32. The van der Waals surface area contributed by atoms with Gasteiger partial charge < -0.3 is 9.30 Å². The van der Waals surface area contributed by atoms with Crippen LogP contribution >= 0.6 is 0 Å². The van der Waals surface area contributed by atoms with Gasteiger partial charge in [0.05, 0.1) is 18.2 Å². The van der Waals surface area contributed by atoms with Gasteiger partial charge in [0.15, 0.2) is 0 Å². The van der Waals surface area contributed by atoms with E-state index in [0.717, 1.165) is 42.5 Å². The van der Waals surface area contributed by atoms with Crippen LogP contribution in [-0.4, -0.2) is 22.9 Å². The fraction of sp³-hybridized carbons (Fsp3) is 0.417. The van der Waals surface area contributed by atoms with Gasteiger partial charge in [-0.1, -0.05) is 63.6 Å². The first kappa shape index (κ1) is 20.1. The Morgan fingerprint density at radius 2 is 1.96 bits per heavy atom. The molecule has 0 fully saturated rings. The number of rotatable bonds is 9. The van der Waals surface area contributed by atoms with Crippen molar-refractivity contribution in [2.45, 2.75) is 58.4 Å². The van der Waals surface area contributed by atoms with Gasteiger partial charge >= 0.3 is 5.97 Å². The number of esters is 1. The van der Waals surface area contributed by atoms with E-state index < -0.39 is 0 Å². The molecule has 148 valence electrons. The molecule has 2 aromatic rings. The maximum absolute atomic E-state index is 13.2. The van der Waals surface area contributed by atoms with Crippen molar-refractivity contribution >= 4 is 17.8 Å². The Hall–Kier alpha value is -2.62. The zero-order chi connectivity index (χ0) is 20.1. The van der Waals surface area contributed by atoms with E-state index in [4.69, 9.17) is 4.74 Å². The third-order valence-electron chi connectivity index (χ3n) is 5.49. The Bertz CT molecular complexity index is 861. The Balaban J connectivity index is 1.83. The van der Waals surface area contributed by atoms with Crippen LogP contribution in [0.3, 0.4) is 0 Å². The second-order valence-electron chi connectivity index (χ2n) is 7.32. The average Bonchev–Trinajstić information content (AvgIpc) is 3.29. The average molecular weight is 380 g/mol. The summed E-state index contributed by atoms with van der Waals surface area (Å²) in [6.07, 6.45) is 6.28. The van der Waals surface area contributed by atoms with Crippen molar-refractivity contribution in [1.29, 1.82) is 0 Å². The van der Waals surface area contributed by atoms with Crippen LogP contribution in [-0.2, 0) is 22.5 Å². The summed E-state index contributed by atoms with van der Waals surface area (Å²) in [5.74, 6) is -0.420. The molecule has 0 aliphatic carbocycles. The molecule has 0 radical (unpaired) electrons. The van der Waals surface area contributed by atoms with Crippen LogP contribution in [0, 0.1) is 0 Å². The first-order chi connectivity index (χ1) is 13.6. The fourth-order valence-electron chi connectivity index (χ4n) is 3.87. The highest BCUT2D eigenvalue weighted by Gasteiger charge is 2.34. The van der Waals surface area contributed by atoms with Crippen LogP contribution in [0.15, 0.2) is 36.9 Å². The number of aromatic nitrogens is 1. The molecule has 0 saturated carbocycles. The molecule has 28 heavy (non-hydrogen) atoms. The van der Waals surface area contributed by atoms with Gasteiger partial charge in [-0.15, -0.1) is 0 Å². The molecule has 0 saturated heterocycles. The summed E-state index contributed by atoms with van der Waals surface area (Å²) in [5, 5.41) is 0. The predicted octanol–water partition coefficient (Wildman–Crippen LogP) is 5.15. The van der Waals surface area contributed by atoms with E-state index in [1.54, 1.807) is 6.08 Å². The molecule has 0 N–H and O–H groups in total. The third kappa shape index (κ3) is 3.96. The predicted molar refractivity (Wildman–Crippen MR) is 112 cm³/mol. The quantitative estimate of drug-likeness (QED) is 0.344. The van der Waals surface area contributed by atoms with Gasteiger partial charge in [-0.3, -0.25) is 9.59 Å². The number of unbranched alkanes of at least 4 members (excludes halogenated alkanes) is 2. The van der Waals surface area contributed by atoms with Crippen LogP contribution in [0.5, 0.6) is 0 Å². The van der Waals surface area contributed by atoms with E-state index >= 15 is 0 Å². The van der Waals surface area contributed by atoms with Crippen molar-refractivity contribution < 1.29 is 14.3 Å². The number of hydrogen-bond donors (Lipinski definition) is 0. The van der Waals surface area contributed by atoms with Gasteiger partial charge in [-0.05, 0) is 36.5 Å². The lowest BCUT2D eigenvalue weighted by molar-refractivity contribution is -0.145. The monoisotopic (exact) mass is 379 g/mol.